The average Bonchev–Trinajstić information content (AvgIpc) is 2.26. The van der Waals surface area contributed by atoms with E-state index >= 15 is 0 Å². The summed E-state index contributed by atoms with van der Waals surface area (Å²) in [4.78, 5) is 21.7. The number of hydrogen-bond donors (Lipinski definition) is 0. The molecule has 0 radical (unpaired) electrons. The van der Waals surface area contributed by atoms with Gasteiger partial charge in [0, 0.05) is 0 Å². The molecule has 0 aliphatic rings. The Morgan fingerprint density at radius 1 is 1.43 bits per heavy atom. The largest absolute Gasteiger partial charge is 0.469 e. The van der Waals surface area contributed by atoms with Crippen LogP contribution in [-0.4, -0.2) is 19.4 Å². The lowest BCUT2D eigenvalue weighted by atomic mass is 9.97. The number of methoxy groups -OCH3 is 1. The van der Waals surface area contributed by atoms with Gasteiger partial charge in [-0.1, -0.05) is 30.3 Å². The van der Waals surface area contributed by atoms with Crippen molar-refractivity contribution in [3.05, 3.63) is 35.9 Å². The highest BCUT2D eigenvalue weighted by molar-refractivity contribution is 5.76. The molecule has 3 heteroatoms. The van der Waals surface area contributed by atoms with E-state index in [1.54, 1.807) is 0 Å². The van der Waals surface area contributed by atoms with Gasteiger partial charge < -0.3 is 9.53 Å². The van der Waals surface area contributed by atoms with E-state index in [1.807, 2.05) is 30.3 Å². The highest BCUT2D eigenvalue weighted by atomic mass is 16.5. The van der Waals surface area contributed by atoms with Gasteiger partial charge >= 0.3 is 5.97 Å². The fraction of sp³-hybridized carbons (Fsp3) is 0.273. The zero-order valence-electron chi connectivity index (χ0n) is 7.97. The van der Waals surface area contributed by atoms with E-state index in [0.29, 0.717) is 0 Å². The maximum absolute atomic E-state index is 11.0. The zero-order chi connectivity index (χ0) is 10.4. The third kappa shape index (κ3) is 2.69. The van der Waals surface area contributed by atoms with E-state index in [0.717, 1.165) is 11.8 Å². The molecule has 0 aromatic heterocycles. The zero-order valence-corrected chi connectivity index (χ0v) is 7.97. The van der Waals surface area contributed by atoms with Crippen molar-refractivity contribution >= 4 is 12.3 Å². The van der Waals surface area contributed by atoms with E-state index in [1.165, 1.54) is 7.11 Å². The monoisotopic (exact) mass is 192 g/mol. The Kier molecular flexibility index (Phi) is 3.85. The standard InChI is InChI=1S/C11H12O3/c1-14-11(13)7-10(8-12)9-5-3-2-4-6-9/h2-6,8,10H,7H2,1H3. The second-order valence-electron chi connectivity index (χ2n) is 2.93. The molecule has 0 bridgehead atoms. The van der Waals surface area contributed by atoms with Crippen molar-refractivity contribution in [2.24, 2.45) is 0 Å². The predicted molar refractivity (Wildman–Crippen MR) is 51.9 cm³/mol. The molecule has 1 atom stereocenters. The first-order valence-electron chi connectivity index (χ1n) is 4.35. The molecule has 1 unspecified atom stereocenters. The first-order chi connectivity index (χ1) is 6.77. The fourth-order valence-electron chi connectivity index (χ4n) is 1.21. The number of carbonyl (C=O) groups is 2. The SMILES string of the molecule is COC(=O)CC(C=O)c1ccccc1. The van der Waals surface area contributed by atoms with E-state index in [2.05, 4.69) is 4.74 Å². The highest BCUT2D eigenvalue weighted by Crippen LogP contribution is 2.17. The van der Waals surface area contributed by atoms with Gasteiger partial charge in [-0.25, -0.2) is 0 Å². The van der Waals surface area contributed by atoms with Crippen molar-refractivity contribution in [2.75, 3.05) is 7.11 Å². The fourth-order valence-corrected chi connectivity index (χ4v) is 1.21. The highest BCUT2D eigenvalue weighted by Gasteiger charge is 2.14. The summed E-state index contributed by atoms with van der Waals surface area (Å²) >= 11 is 0. The third-order valence-corrected chi connectivity index (χ3v) is 2.01. The summed E-state index contributed by atoms with van der Waals surface area (Å²) in [6, 6.07) is 9.18. The number of aldehydes is 1. The Bertz CT molecular complexity index is 306. The van der Waals surface area contributed by atoms with Crippen LogP contribution in [0.3, 0.4) is 0 Å². The summed E-state index contributed by atoms with van der Waals surface area (Å²) in [6.07, 6.45) is 0.871. The van der Waals surface area contributed by atoms with Crippen molar-refractivity contribution in [2.45, 2.75) is 12.3 Å². The van der Waals surface area contributed by atoms with Gasteiger partial charge in [0.1, 0.15) is 6.29 Å². The number of benzene rings is 1. The lowest BCUT2D eigenvalue weighted by Gasteiger charge is -2.08. The van der Waals surface area contributed by atoms with Crippen LogP contribution in [0.15, 0.2) is 30.3 Å². The summed E-state index contributed by atoms with van der Waals surface area (Å²) < 4.78 is 4.51. The van der Waals surface area contributed by atoms with Crippen LogP contribution in [0.2, 0.25) is 0 Å². The topological polar surface area (TPSA) is 43.4 Å². The van der Waals surface area contributed by atoms with Gasteiger partial charge in [-0.2, -0.15) is 0 Å². The van der Waals surface area contributed by atoms with Crippen LogP contribution in [0.1, 0.15) is 17.9 Å². The van der Waals surface area contributed by atoms with Crippen LogP contribution >= 0.6 is 0 Å². The van der Waals surface area contributed by atoms with Gasteiger partial charge in [-0.3, -0.25) is 4.79 Å². The molecule has 0 aliphatic heterocycles. The Morgan fingerprint density at radius 3 is 2.57 bits per heavy atom. The van der Waals surface area contributed by atoms with Crippen LogP contribution in [0.4, 0.5) is 0 Å². The summed E-state index contributed by atoms with van der Waals surface area (Å²) in [5, 5.41) is 0. The van der Waals surface area contributed by atoms with E-state index < -0.39 is 5.92 Å². The molecule has 0 saturated heterocycles. The summed E-state index contributed by atoms with van der Waals surface area (Å²) in [5.41, 5.74) is 0.841. The van der Waals surface area contributed by atoms with Crippen LogP contribution in [0, 0.1) is 0 Å². The normalized spacial score (nSPS) is 11.8. The first-order valence-corrected chi connectivity index (χ1v) is 4.35. The summed E-state index contributed by atoms with van der Waals surface area (Å²) in [7, 11) is 1.31. The molecule has 1 rings (SSSR count). The van der Waals surface area contributed by atoms with E-state index in [-0.39, 0.29) is 12.4 Å². The molecule has 0 aliphatic carbocycles. The summed E-state index contributed by atoms with van der Waals surface area (Å²) in [5.74, 6) is -0.769. The molecule has 0 fully saturated rings. The predicted octanol–water partition coefficient (Wildman–Crippen LogP) is 1.53. The molecule has 0 heterocycles. The van der Waals surface area contributed by atoms with E-state index in [9.17, 15) is 9.59 Å². The van der Waals surface area contributed by atoms with Gasteiger partial charge in [0.05, 0.1) is 19.4 Å². The molecule has 1 aromatic carbocycles. The minimum Gasteiger partial charge on any atom is -0.469 e. The van der Waals surface area contributed by atoms with Crippen molar-refractivity contribution in [3.63, 3.8) is 0 Å². The van der Waals surface area contributed by atoms with Crippen LogP contribution < -0.4 is 0 Å². The Labute approximate surface area is 82.7 Å². The molecule has 0 spiro atoms. The molecule has 0 saturated carbocycles. The number of esters is 1. The second-order valence-corrected chi connectivity index (χ2v) is 2.93. The number of rotatable bonds is 4. The molecule has 0 amide bonds. The Hall–Kier alpha value is -1.64. The van der Waals surface area contributed by atoms with Crippen molar-refractivity contribution in [3.8, 4) is 0 Å². The van der Waals surface area contributed by atoms with Crippen LogP contribution in [-0.2, 0) is 14.3 Å². The smallest absolute Gasteiger partial charge is 0.306 e. The quantitative estimate of drug-likeness (QED) is 0.536. The van der Waals surface area contributed by atoms with Crippen LogP contribution in [0.5, 0.6) is 0 Å². The minimum absolute atomic E-state index is 0.101. The summed E-state index contributed by atoms with van der Waals surface area (Å²) in [6.45, 7) is 0. The maximum Gasteiger partial charge on any atom is 0.306 e. The number of ether oxygens (including phenoxy) is 1. The molecular formula is C11H12O3. The lowest BCUT2D eigenvalue weighted by molar-refractivity contribution is -0.141. The molecule has 14 heavy (non-hydrogen) atoms. The van der Waals surface area contributed by atoms with Gasteiger partial charge in [0.25, 0.3) is 0 Å². The van der Waals surface area contributed by atoms with Gasteiger partial charge in [-0.05, 0) is 5.56 Å². The van der Waals surface area contributed by atoms with Crippen molar-refractivity contribution < 1.29 is 14.3 Å². The lowest BCUT2D eigenvalue weighted by Crippen LogP contribution is -2.09. The Balaban J connectivity index is 2.73. The second kappa shape index (κ2) is 5.17. The van der Waals surface area contributed by atoms with Crippen LogP contribution in [0.25, 0.3) is 0 Å². The van der Waals surface area contributed by atoms with Crippen molar-refractivity contribution in [1.82, 2.24) is 0 Å². The molecule has 74 valence electrons. The molecule has 0 N–H and O–H groups in total. The Morgan fingerprint density at radius 2 is 2.07 bits per heavy atom. The third-order valence-electron chi connectivity index (χ3n) is 2.01. The molecule has 3 nitrogen and oxygen atoms in total. The maximum atomic E-state index is 11.0. The number of hydrogen-bond acceptors (Lipinski definition) is 3. The van der Waals surface area contributed by atoms with Gasteiger partial charge in [0.15, 0.2) is 0 Å². The average molecular weight is 192 g/mol. The van der Waals surface area contributed by atoms with Gasteiger partial charge in [-0.15, -0.1) is 0 Å². The van der Waals surface area contributed by atoms with Crippen molar-refractivity contribution in [1.29, 1.82) is 0 Å². The first kappa shape index (κ1) is 10.4. The minimum atomic E-state index is -0.399. The van der Waals surface area contributed by atoms with E-state index in [4.69, 9.17) is 0 Å². The molecule has 1 aromatic rings. The van der Waals surface area contributed by atoms with Gasteiger partial charge in [0.2, 0.25) is 0 Å². The molecular weight excluding hydrogens is 180 g/mol. The number of carbonyl (C=O) groups excluding carboxylic acids is 2.